The van der Waals surface area contributed by atoms with Gasteiger partial charge in [-0.2, -0.15) is 0 Å². The van der Waals surface area contributed by atoms with Gasteiger partial charge in [0.1, 0.15) is 5.75 Å². The molecular weight excluding hydrogens is 276 g/mol. The number of piperidine rings is 1. The smallest absolute Gasteiger partial charge is 0.230 e. The summed E-state index contributed by atoms with van der Waals surface area (Å²) in [6.45, 7) is 4.95. The molecule has 2 N–H and O–H groups in total. The number of anilines is 1. The lowest BCUT2D eigenvalue weighted by Crippen LogP contribution is -2.40. The highest BCUT2D eigenvalue weighted by Gasteiger charge is 2.59. The van der Waals surface area contributed by atoms with Crippen LogP contribution in [0.15, 0.2) is 18.2 Å². The third-order valence-electron chi connectivity index (χ3n) is 5.89. The minimum atomic E-state index is 0.140. The molecule has 0 aromatic heterocycles. The standard InChI is InChI=1S/C18H24N2O2/c1-12-6-9-20(16-13(12)4-2-5-15(16)21)17(22)14-10-18(14)7-3-8-19-11-18/h2,4-5,12,14,19,21H,3,6-11H2,1H3. The Morgan fingerprint density at radius 2 is 2.32 bits per heavy atom. The van der Waals surface area contributed by atoms with Gasteiger partial charge in [0, 0.05) is 19.0 Å². The molecule has 4 heteroatoms. The number of amides is 1. The molecule has 1 amide bonds. The molecule has 118 valence electrons. The van der Waals surface area contributed by atoms with Crippen molar-refractivity contribution in [1.29, 1.82) is 0 Å². The second kappa shape index (κ2) is 4.98. The van der Waals surface area contributed by atoms with E-state index in [1.165, 1.54) is 6.42 Å². The van der Waals surface area contributed by atoms with Crippen molar-refractivity contribution < 1.29 is 9.90 Å². The van der Waals surface area contributed by atoms with E-state index >= 15 is 0 Å². The molecule has 4 nitrogen and oxygen atoms in total. The van der Waals surface area contributed by atoms with Gasteiger partial charge >= 0.3 is 0 Å². The molecule has 1 aromatic rings. The minimum absolute atomic E-state index is 0.140. The van der Waals surface area contributed by atoms with Crippen LogP contribution in [0.1, 0.15) is 44.1 Å². The number of benzene rings is 1. The largest absolute Gasteiger partial charge is 0.506 e. The number of para-hydroxylation sites is 1. The van der Waals surface area contributed by atoms with E-state index < -0.39 is 0 Å². The number of carbonyl (C=O) groups is 1. The van der Waals surface area contributed by atoms with Crippen molar-refractivity contribution in [2.75, 3.05) is 24.5 Å². The van der Waals surface area contributed by atoms with Crippen molar-refractivity contribution in [3.8, 4) is 5.75 Å². The number of phenolic OH excluding ortho intramolecular Hbond substituents is 1. The fourth-order valence-corrected chi connectivity index (χ4v) is 4.40. The van der Waals surface area contributed by atoms with E-state index in [9.17, 15) is 9.90 Å². The van der Waals surface area contributed by atoms with Crippen molar-refractivity contribution in [2.24, 2.45) is 11.3 Å². The zero-order valence-corrected chi connectivity index (χ0v) is 13.1. The Bertz CT molecular complexity index is 607. The van der Waals surface area contributed by atoms with Crippen LogP contribution in [0.4, 0.5) is 5.69 Å². The first-order valence-corrected chi connectivity index (χ1v) is 8.46. The molecule has 3 aliphatic rings. The maximum Gasteiger partial charge on any atom is 0.230 e. The maximum absolute atomic E-state index is 13.0. The van der Waals surface area contributed by atoms with Gasteiger partial charge in [-0.3, -0.25) is 4.79 Å². The average Bonchev–Trinajstić information content (AvgIpc) is 3.22. The molecule has 0 radical (unpaired) electrons. The van der Waals surface area contributed by atoms with Gasteiger partial charge in [-0.15, -0.1) is 0 Å². The van der Waals surface area contributed by atoms with E-state index in [1.54, 1.807) is 6.07 Å². The fraction of sp³-hybridized carbons (Fsp3) is 0.611. The first-order valence-electron chi connectivity index (χ1n) is 8.46. The number of nitrogens with zero attached hydrogens (tertiary/aromatic N) is 1. The summed E-state index contributed by atoms with van der Waals surface area (Å²) in [7, 11) is 0. The van der Waals surface area contributed by atoms with Crippen LogP contribution in [0, 0.1) is 11.3 Å². The predicted molar refractivity (Wildman–Crippen MR) is 86.1 cm³/mol. The quantitative estimate of drug-likeness (QED) is 0.838. The molecule has 1 saturated heterocycles. The van der Waals surface area contributed by atoms with E-state index in [-0.39, 0.29) is 23.0 Å². The Hall–Kier alpha value is -1.55. The molecule has 1 aromatic carbocycles. The first-order chi connectivity index (χ1) is 10.6. The van der Waals surface area contributed by atoms with E-state index in [1.807, 2.05) is 17.0 Å². The average molecular weight is 300 g/mol. The lowest BCUT2D eigenvalue weighted by molar-refractivity contribution is -0.120. The summed E-state index contributed by atoms with van der Waals surface area (Å²) in [5.41, 5.74) is 2.07. The lowest BCUT2D eigenvalue weighted by atomic mass is 9.89. The number of aromatic hydroxyl groups is 1. The van der Waals surface area contributed by atoms with Gasteiger partial charge in [-0.05, 0) is 55.2 Å². The molecule has 22 heavy (non-hydrogen) atoms. The van der Waals surface area contributed by atoms with Gasteiger partial charge in [0.05, 0.1) is 5.69 Å². The molecule has 2 heterocycles. The van der Waals surface area contributed by atoms with Crippen LogP contribution in [0.3, 0.4) is 0 Å². The Morgan fingerprint density at radius 1 is 1.45 bits per heavy atom. The van der Waals surface area contributed by atoms with E-state index in [0.717, 1.165) is 50.1 Å². The first kappa shape index (κ1) is 14.1. The van der Waals surface area contributed by atoms with Crippen LogP contribution in [-0.4, -0.2) is 30.6 Å². The summed E-state index contributed by atoms with van der Waals surface area (Å²) >= 11 is 0. The van der Waals surface area contributed by atoms with Gasteiger partial charge in [0.15, 0.2) is 0 Å². The Kier molecular flexibility index (Phi) is 3.19. The predicted octanol–water partition coefficient (Wildman–Crippen LogP) is 2.62. The SMILES string of the molecule is CC1CCN(C(=O)C2CC23CCCNC3)c2c(O)cccc21. The summed E-state index contributed by atoms with van der Waals surface area (Å²) in [6, 6.07) is 5.62. The van der Waals surface area contributed by atoms with Crippen molar-refractivity contribution >= 4 is 11.6 Å². The monoisotopic (exact) mass is 300 g/mol. The van der Waals surface area contributed by atoms with Gasteiger partial charge in [-0.1, -0.05) is 19.1 Å². The zero-order valence-electron chi connectivity index (χ0n) is 13.1. The minimum Gasteiger partial charge on any atom is -0.506 e. The molecule has 3 atom stereocenters. The van der Waals surface area contributed by atoms with Crippen LogP contribution in [0.25, 0.3) is 0 Å². The second-order valence-corrected chi connectivity index (χ2v) is 7.29. The van der Waals surface area contributed by atoms with Crippen molar-refractivity contribution in [3.63, 3.8) is 0 Å². The fourth-order valence-electron chi connectivity index (χ4n) is 4.40. The lowest BCUT2D eigenvalue weighted by Gasteiger charge is -2.34. The van der Waals surface area contributed by atoms with Gasteiger partial charge in [0.25, 0.3) is 0 Å². The molecule has 1 aliphatic carbocycles. The molecular formula is C18H24N2O2. The molecule has 0 bridgehead atoms. The third kappa shape index (κ3) is 2.04. The highest BCUT2D eigenvalue weighted by atomic mass is 16.3. The summed E-state index contributed by atoms with van der Waals surface area (Å²) in [5, 5.41) is 13.7. The number of hydrogen-bond donors (Lipinski definition) is 2. The van der Waals surface area contributed by atoms with Crippen LogP contribution in [0.5, 0.6) is 5.75 Å². The highest BCUT2D eigenvalue weighted by molar-refractivity contribution is 6.00. The zero-order chi connectivity index (χ0) is 15.3. The maximum atomic E-state index is 13.0. The van der Waals surface area contributed by atoms with Gasteiger partial charge in [-0.25, -0.2) is 0 Å². The van der Waals surface area contributed by atoms with Gasteiger partial charge < -0.3 is 15.3 Å². The number of hydrogen-bond acceptors (Lipinski definition) is 3. The van der Waals surface area contributed by atoms with Crippen molar-refractivity contribution in [1.82, 2.24) is 5.32 Å². The number of fused-ring (bicyclic) bond motifs is 1. The molecule has 2 aliphatic heterocycles. The summed E-state index contributed by atoms with van der Waals surface area (Å²) < 4.78 is 0. The summed E-state index contributed by atoms with van der Waals surface area (Å²) in [6.07, 6.45) is 4.31. The number of rotatable bonds is 1. The van der Waals surface area contributed by atoms with Crippen LogP contribution >= 0.6 is 0 Å². The normalized spacial score (nSPS) is 33.6. The molecule has 4 rings (SSSR count). The summed E-state index contributed by atoms with van der Waals surface area (Å²) in [4.78, 5) is 14.9. The Balaban J connectivity index is 1.62. The topological polar surface area (TPSA) is 52.6 Å². The van der Waals surface area contributed by atoms with E-state index in [0.29, 0.717) is 5.92 Å². The van der Waals surface area contributed by atoms with Crippen molar-refractivity contribution in [2.45, 2.75) is 38.5 Å². The molecule has 1 saturated carbocycles. The van der Waals surface area contributed by atoms with Crippen LogP contribution in [-0.2, 0) is 4.79 Å². The Labute approximate surface area is 131 Å². The van der Waals surface area contributed by atoms with Crippen LogP contribution < -0.4 is 10.2 Å². The van der Waals surface area contributed by atoms with Crippen LogP contribution in [0.2, 0.25) is 0 Å². The van der Waals surface area contributed by atoms with Crippen molar-refractivity contribution in [3.05, 3.63) is 23.8 Å². The molecule has 3 unspecified atom stereocenters. The van der Waals surface area contributed by atoms with E-state index in [4.69, 9.17) is 0 Å². The number of nitrogens with one attached hydrogen (secondary N) is 1. The molecule has 1 spiro atoms. The second-order valence-electron chi connectivity index (χ2n) is 7.29. The number of carbonyl (C=O) groups excluding carboxylic acids is 1. The highest BCUT2D eigenvalue weighted by Crippen LogP contribution is 2.58. The Morgan fingerprint density at radius 3 is 3.09 bits per heavy atom. The van der Waals surface area contributed by atoms with Gasteiger partial charge in [0.2, 0.25) is 5.91 Å². The number of phenols is 1. The third-order valence-corrected chi connectivity index (χ3v) is 5.89. The molecule has 2 fully saturated rings. The summed E-state index contributed by atoms with van der Waals surface area (Å²) in [5.74, 6) is 1.00. The van der Waals surface area contributed by atoms with E-state index in [2.05, 4.69) is 12.2 Å².